The van der Waals surface area contributed by atoms with Crippen molar-refractivity contribution in [2.45, 2.75) is 32.1 Å². The van der Waals surface area contributed by atoms with Crippen LogP contribution in [-0.4, -0.2) is 40.8 Å². The fourth-order valence-corrected chi connectivity index (χ4v) is 5.26. The van der Waals surface area contributed by atoms with Crippen LogP contribution in [0.3, 0.4) is 0 Å². The molecule has 5 rings (SSSR count). The number of carbonyl (C=O) groups excluding carboxylic acids is 1. The molecule has 8 heteroatoms. The first kappa shape index (κ1) is 22.6. The molecule has 1 aromatic carbocycles. The zero-order valence-electron chi connectivity index (χ0n) is 19.0. The Morgan fingerprint density at radius 1 is 1.18 bits per heavy atom. The first-order chi connectivity index (χ1) is 16.7. The van der Waals surface area contributed by atoms with Crippen LogP contribution in [0.2, 0.25) is 0 Å². The molecular formula is C26H29N5O2S. The highest BCUT2D eigenvalue weighted by molar-refractivity contribution is 7.14. The molecule has 176 valence electrons. The van der Waals surface area contributed by atoms with Gasteiger partial charge in [-0.05, 0) is 80.6 Å². The van der Waals surface area contributed by atoms with Gasteiger partial charge in [0.05, 0.1) is 23.7 Å². The van der Waals surface area contributed by atoms with E-state index in [9.17, 15) is 4.79 Å². The van der Waals surface area contributed by atoms with E-state index in [2.05, 4.69) is 25.8 Å². The van der Waals surface area contributed by atoms with E-state index in [4.69, 9.17) is 4.74 Å². The fourth-order valence-electron chi connectivity index (χ4n) is 4.45. The molecule has 0 atom stereocenters. The van der Waals surface area contributed by atoms with E-state index in [1.165, 1.54) is 30.6 Å². The van der Waals surface area contributed by atoms with Crippen molar-refractivity contribution in [2.24, 2.45) is 5.92 Å². The van der Waals surface area contributed by atoms with Crippen molar-refractivity contribution < 1.29 is 9.53 Å². The van der Waals surface area contributed by atoms with Gasteiger partial charge >= 0.3 is 0 Å². The van der Waals surface area contributed by atoms with Crippen molar-refractivity contribution in [3.63, 3.8) is 0 Å². The summed E-state index contributed by atoms with van der Waals surface area (Å²) in [5, 5.41) is 17.5. The van der Waals surface area contributed by atoms with E-state index >= 15 is 0 Å². The Morgan fingerprint density at radius 3 is 3.00 bits per heavy atom. The molecule has 1 saturated heterocycles. The summed E-state index contributed by atoms with van der Waals surface area (Å²) in [5.74, 6) is 1.60. The quantitative estimate of drug-likeness (QED) is 0.296. The number of fused-ring (bicyclic) bond motifs is 1. The minimum Gasteiger partial charge on any atom is -0.494 e. The molecule has 34 heavy (non-hydrogen) atoms. The summed E-state index contributed by atoms with van der Waals surface area (Å²) in [6, 6.07) is 13.7. The standard InChI is InChI=1S/C26H29N5O2S/c32-23(29-24-16-20(17-34-24)25-22-7-2-10-28-26(22)31-30-25)15-19-4-1-6-21(14-19)33-13-3-5-18-8-11-27-12-9-18/h1-2,4,6-7,10,14,16-18,27H,3,5,8-9,11-13,15H2,(H,29,32)(H,28,30,31). The van der Waals surface area contributed by atoms with Gasteiger partial charge in [-0.15, -0.1) is 11.3 Å². The molecule has 0 saturated carbocycles. The van der Waals surface area contributed by atoms with Gasteiger partial charge in [-0.3, -0.25) is 9.89 Å². The monoisotopic (exact) mass is 475 g/mol. The number of carbonyl (C=O) groups is 1. The second-order valence-electron chi connectivity index (χ2n) is 8.73. The Balaban J connectivity index is 1.12. The van der Waals surface area contributed by atoms with Crippen LogP contribution in [0, 0.1) is 5.92 Å². The highest BCUT2D eigenvalue weighted by Crippen LogP contribution is 2.31. The molecule has 1 aliphatic heterocycles. The topological polar surface area (TPSA) is 91.9 Å². The normalized spacial score (nSPS) is 14.4. The number of pyridine rings is 1. The average Bonchev–Trinajstić information content (AvgIpc) is 3.49. The lowest BCUT2D eigenvalue weighted by molar-refractivity contribution is -0.115. The second kappa shape index (κ2) is 10.8. The van der Waals surface area contributed by atoms with Crippen molar-refractivity contribution in [3.05, 3.63) is 59.6 Å². The Kier molecular flexibility index (Phi) is 7.16. The van der Waals surface area contributed by atoms with Gasteiger partial charge in [0.1, 0.15) is 5.75 Å². The smallest absolute Gasteiger partial charge is 0.229 e. The molecule has 0 spiro atoms. The van der Waals surface area contributed by atoms with E-state index in [1.807, 2.05) is 47.8 Å². The van der Waals surface area contributed by atoms with Crippen LogP contribution in [0.4, 0.5) is 5.00 Å². The third-order valence-electron chi connectivity index (χ3n) is 6.23. The molecule has 3 N–H and O–H groups in total. The first-order valence-corrected chi connectivity index (χ1v) is 12.7. The number of hydrogen-bond acceptors (Lipinski definition) is 6. The van der Waals surface area contributed by atoms with Gasteiger partial charge < -0.3 is 15.4 Å². The highest BCUT2D eigenvalue weighted by atomic mass is 32.1. The number of ether oxygens (including phenoxy) is 1. The van der Waals surface area contributed by atoms with Crippen LogP contribution >= 0.6 is 11.3 Å². The van der Waals surface area contributed by atoms with Crippen LogP contribution in [-0.2, 0) is 11.2 Å². The molecule has 4 aromatic rings. The van der Waals surface area contributed by atoms with E-state index in [-0.39, 0.29) is 5.91 Å². The third kappa shape index (κ3) is 5.63. The number of nitrogens with one attached hydrogen (secondary N) is 3. The summed E-state index contributed by atoms with van der Waals surface area (Å²) in [4.78, 5) is 16.9. The number of amides is 1. The molecule has 0 aliphatic carbocycles. The summed E-state index contributed by atoms with van der Waals surface area (Å²) < 4.78 is 5.96. The molecule has 7 nitrogen and oxygen atoms in total. The van der Waals surface area contributed by atoms with Gasteiger partial charge in [-0.1, -0.05) is 12.1 Å². The van der Waals surface area contributed by atoms with Crippen LogP contribution in [0.5, 0.6) is 5.75 Å². The summed E-state index contributed by atoms with van der Waals surface area (Å²) >= 11 is 1.49. The molecule has 0 bridgehead atoms. The molecule has 0 unspecified atom stereocenters. The summed E-state index contributed by atoms with van der Waals surface area (Å²) in [6.07, 6.45) is 6.85. The van der Waals surface area contributed by atoms with Crippen LogP contribution in [0.15, 0.2) is 54.0 Å². The molecular weight excluding hydrogens is 446 g/mol. The number of nitrogens with zero attached hydrogens (tertiary/aromatic N) is 2. The predicted octanol–water partition coefficient (Wildman–Crippen LogP) is 5.03. The molecule has 1 fully saturated rings. The Hall–Kier alpha value is -3.23. The SMILES string of the molecule is O=C(Cc1cccc(OCCCC2CCNCC2)c1)Nc1cc(-c2[nH]nc3ncccc23)cs1. The van der Waals surface area contributed by atoms with Crippen molar-refractivity contribution in [3.8, 4) is 17.0 Å². The number of H-pyrrole nitrogens is 1. The minimum absolute atomic E-state index is 0.0485. The number of anilines is 1. The van der Waals surface area contributed by atoms with Gasteiger partial charge in [-0.2, -0.15) is 5.10 Å². The van der Waals surface area contributed by atoms with Gasteiger partial charge in [-0.25, -0.2) is 4.98 Å². The number of rotatable bonds is 9. The molecule has 1 amide bonds. The van der Waals surface area contributed by atoms with Crippen LogP contribution < -0.4 is 15.4 Å². The number of thiophene rings is 1. The van der Waals surface area contributed by atoms with Crippen molar-refractivity contribution >= 4 is 33.3 Å². The van der Waals surface area contributed by atoms with Gasteiger partial charge in [0.2, 0.25) is 5.91 Å². The molecule has 0 radical (unpaired) electrons. The maximum Gasteiger partial charge on any atom is 0.229 e. The summed E-state index contributed by atoms with van der Waals surface area (Å²) in [5.41, 5.74) is 3.51. The van der Waals surface area contributed by atoms with Crippen molar-refractivity contribution in [2.75, 3.05) is 25.0 Å². The van der Waals surface area contributed by atoms with E-state index in [0.717, 1.165) is 65.0 Å². The molecule has 3 aromatic heterocycles. The number of benzene rings is 1. The lowest BCUT2D eigenvalue weighted by atomic mass is 9.93. The van der Waals surface area contributed by atoms with Crippen LogP contribution in [0.25, 0.3) is 22.3 Å². The van der Waals surface area contributed by atoms with E-state index in [1.54, 1.807) is 6.20 Å². The molecule has 4 heterocycles. The van der Waals surface area contributed by atoms with Crippen molar-refractivity contribution in [1.82, 2.24) is 20.5 Å². The Morgan fingerprint density at radius 2 is 2.09 bits per heavy atom. The number of aromatic nitrogens is 3. The second-order valence-corrected chi connectivity index (χ2v) is 9.64. The Bertz CT molecular complexity index is 1240. The van der Waals surface area contributed by atoms with Gasteiger partial charge in [0, 0.05) is 22.5 Å². The predicted molar refractivity (Wildman–Crippen MR) is 136 cm³/mol. The zero-order valence-corrected chi connectivity index (χ0v) is 19.9. The highest BCUT2D eigenvalue weighted by Gasteiger charge is 2.13. The largest absolute Gasteiger partial charge is 0.494 e. The summed E-state index contributed by atoms with van der Waals surface area (Å²) in [7, 11) is 0. The Labute approximate surface area is 203 Å². The zero-order chi connectivity index (χ0) is 23.2. The summed E-state index contributed by atoms with van der Waals surface area (Å²) in [6.45, 7) is 3.00. The fraction of sp³-hybridized carbons (Fsp3) is 0.346. The van der Waals surface area contributed by atoms with E-state index < -0.39 is 0 Å². The van der Waals surface area contributed by atoms with E-state index in [0.29, 0.717) is 12.1 Å². The number of hydrogen-bond donors (Lipinski definition) is 3. The number of aromatic amines is 1. The maximum atomic E-state index is 12.7. The van der Waals surface area contributed by atoms with Gasteiger partial charge in [0.25, 0.3) is 0 Å². The lowest BCUT2D eigenvalue weighted by Gasteiger charge is -2.22. The first-order valence-electron chi connectivity index (χ1n) is 11.8. The van der Waals surface area contributed by atoms with Crippen molar-refractivity contribution in [1.29, 1.82) is 0 Å². The van der Waals surface area contributed by atoms with Gasteiger partial charge in [0.15, 0.2) is 5.65 Å². The van der Waals surface area contributed by atoms with Crippen LogP contribution in [0.1, 0.15) is 31.2 Å². The third-order valence-corrected chi connectivity index (χ3v) is 7.07. The maximum absolute atomic E-state index is 12.7. The number of piperidine rings is 1. The average molecular weight is 476 g/mol. The minimum atomic E-state index is -0.0485. The molecule has 1 aliphatic rings. The lowest BCUT2D eigenvalue weighted by Crippen LogP contribution is -2.27.